The molecule has 0 bridgehead atoms. The van der Waals surface area contributed by atoms with Crippen LogP contribution in [0.15, 0.2) is 48.8 Å². The summed E-state index contributed by atoms with van der Waals surface area (Å²) < 4.78 is 13.8. The van der Waals surface area contributed by atoms with E-state index in [0.717, 1.165) is 22.0 Å². The number of carbonyl (C=O) groups is 1. The van der Waals surface area contributed by atoms with E-state index in [1.165, 1.54) is 12.1 Å². The first-order valence-electron chi connectivity index (χ1n) is 7.95. The van der Waals surface area contributed by atoms with Crippen LogP contribution in [-0.4, -0.2) is 34.4 Å². The minimum absolute atomic E-state index is 0.167. The van der Waals surface area contributed by atoms with Gasteiger partial charge in [-0.15, -0.1) is 0 Å². The summed E-state index contributed by atoms with van der Waals surface area (Å²) in [6.07, 6.45) is 3.38. The molecule has 3 rings (SSSR count). The van der Waals surface area contributed by atoms with Crippen molar-refractivity contribution >= 4 is 22.6 Å². The molecule has 0 aliphatic carbocycles. The third-order valence-corrected chi connectivity index (χ3v) is 3.78. The maximum absolute atomic E-state index is 13.8. The number of carbonyl (C=O) groups excluding carboxylic acids is 1. The van der Waals surface area contributed by atoms with Gasteiger partial charge in [-0.1, -0.05) is 12.1 Å². The number of aryl methyl sites for hydroxylation is 1. The molecular weight excluding hydrogens is 319 g/mol. The minimum atomic E-state index is -0.308. The van der Waals surface area contributed by atoms with Gasteiger partial charge in [0.2, 0.25) is 5.91 Å². The molecule has 1 amide bonds. The predicted octanol–water partition coefficient (Wildman–Crippen LogP) is 3.15. The lowest BCUT2D eigenvalue weighted by Crippen LogP contribution is -2.30. The number of amides is 1. The smallest absolute Gasteiger partial charge is 0.239 e. The van der Waals surface area contributed by atoms with Crippen LogP contribution in [0.2, 0.25) is 0 Å². The maximum Gasteiger partial charge on any atom is 0.239 e. The van der Waals surface area contributed by atoms with Gasteiger partial charge in [-0.25, -0.2) is 9.37 Å². The van der Waals surface area contributed by atoms with Crippen molar-refractivity contribution in [3.63, 3.8) is 0 Å². The van der Waals surface area contributed by atoms with E-state index in [1.54, 1.807) is 24.5 Å². The number of rotatable bonds is 5. The van der Waals surface area contributed by atoms with Gasteiger partial charge in [-0.3, -0.25) is 14.7 Å². The molecule has 0 saturated carbocycles. The van der Waals surface area contributed by atoms with Crippen molar-refractivity contribution in [1.29, 1.82) is 0 Å². The Morgan fingerprint density at radius 3 is 2.84 bits per heavy atom. The molecule has 0 aliphatic rings. The summed E-state index contributed by atoms with van der Waals surface area (Å²) in [5, 5.41) is 3.50. The van der Waals surface area contributed by atoms with Crippen molar-refractivity contribution in [2.75, 3.05) is 18.9 Å². The summed E-state index contributed by atoms with van der Waals surface area (Å²) in [7, 11) is 1.81. The summed E-state index contributed by atoms with van der Waals surface area (Å²) in [5.74, 6) is 0.0339. The number of fused-ring (bicyclic) bond motifs is 1. The lowest BCUT2D eigenvalue weighted by Gasteiger charge is -2.17. The second kappa shape index (κ2) is 7.36. The van der Waals surface area contributed by atoms with E-state index in [9.17, 15) is 9.18 Å². The molecule has 128 valence electrons. The Hall–Kier alpha value is -2.86. The first-order valence-corrected chi connectivity index (χ1v) is 7.95. The molecule has 2 aromatic heterocycles. The summed E-state index contributed by atoms with van der Waals surface area (Å²) >= 11 is 0. The van der Waals surface area contributed by atoms with Crippen LogP contribution in [0.25, 0.3) is 10.9 Å². The lowest BCUT2D eigenvalue weighted by atomic mass is 10.1. The Morgan fingerprint density at radius 2 is 2.08 bits per heavy atom. The normalized spacial score (nSPS) is 11.0. The van der Waals surface area contributed by atoms with Gasteiger partial charge in [0.05, 0.1) is 12.1 Å². The molecule has 25 heavy (non-hydrogen) atoms. The summed E-state index contributed by atoms with van der Waals surface area (Å²) in [6, 6.07) is 10.2. The molecule has 1 N–H and O–H groups in total. The van der Waals surface area contributed by atoms with Crippen LogP contribution in [0.1, 0.15) is 11.1 Å². The summed E-state index contributed by atoms with van der Waals surface area (Å²) in [6.45, 7) is 2.52. The third-order valence-electron chi connectivity index (χ3n) is 3.78. The van der Waals surface area contributed by atoms with E-state index < -0.39 is 0 Å². The fraction of sp³-hybridized carbons (Fsp3) is 0.211. The molecule has 0 aliphatic heterocycles. The molecule has 2 heterocycles. The first kappa shape index (κ1) is 17.0. The number of likely N-dealkylation sites (N-methyl/N-ethyl adjacent to an activating group) is 1. The number of halogens is 1. The second-order valence-electron chi connectivity index (χ2n) is 6.08. The van der Waals surface area contributed by atoms with Crippen molar-refractivity contribution < 1.29 is 9.18 Å². The Morgan fingerprint density at radius 1 is 1.24 bits per heavy atom. The predicted molar refractivity (Wildman–Crippen MR) is 95.6 cm³/mol. The zero-order valence-corrected chi connectivity index (χ0v) is 14.2. The Balaban J connectivity index is 1.67. The molecule has 3 aromatic rings. The molecular formula is C19H19FN4O. The number of aromatic nitrogens is 2. The third kappa shape index (κ3) is 4.36. The van der Waals surface area contributed by atoms with Gasteiger partial charge in [0, 0.05) is 24.3 Å². The fourth-order valence-electron chi connectivity index (χ4n) is 2.66. The number of hydrogen-bond acceptors (Lipinski definition) is 4. The SMILES string of the molecule is Cc1ccc(NC(=O)CN(C)Cc2cc(F)cc3cccnc23)nc1. The minimum Gasteiger partial charge on any atom is -0.310 e. The molecule has 0 fully saturated rings. The van der Waals surface area contributed by atoms with Crippen LogP contribution in [0, 0.1) is 12.7 Å². The maximum atomic E-state index is 13.8. The highest BCUT2D eigenvalue weighted by Gasteiger charge is 2.11. The molecule has 5 nitrogen and oxygen atoms in total. The molecule has 1 aromatic carbocycles. The average Bonchev–Trinajstić information content (AvgIpc) is 2.56. The van der Waals surface area contributed by atoms with Gasteiger partial charge in [0.15, 0.2) is 0 Å². The van der Waals surface area contributed by atoms with Crippen molar-refractivity contribution in [3.05, 3.63) is 65.7 Å². The van der Waals surface area contributed by atoms with E-state index in [2.05, 4.69) is 15.3 Å². The van der Waals surface area contributed by atoms with Gasteiger partial charge >= 0.3 is 0 Å². The highest BCUT2D eigenvalue weighted by Crippen LogP contribution is 2.19. The van der Waals surface area contributed by atoms with E-state index >= 15 is 0 Å². The number of hydrogen-bond donors (Lipinski definition) is 1. The van der Waals surface area contributed by atoms with Crippen molar-refractivity contribution in [2.24, 2.45) is 0 Å². The lowest BCUT2D eigenvalue weighted by molar-refractivity contribution is -0.117. The average molecular weight is 338 g/mol. The topological polar surface area (TPSA) is 58.1 Å². The fourth-order valence-corrected chi connectivity index (χ4v) is 2.66. The number of nitrogens with zero attached hydrogens (tertiary/aromatic N) is 3. The van der Waals surface area contributed by atoms with Crippen LogP contribution < -0.4 is 5.32 Å². The van der Waals surface area contributed by atoms with Crippen molar-refractivity contribution in [1.82, 2.24) is 14.9 Å². The quantitative estimate of drug-likeness (QED) is 0.776. The van der Waals surface area contributed by atoms with Crippen LogP contribution in [0.3, 0.4) is 0 Å². The number of benzene rings is 1. The summed E-state index contributed by atoms with van der Waals surface area (Å²) in [5.41, 5.74) is 2.52. The van der Waals surface area contributed by atoms with Crippen LogP contribution >= 0.6 is 0 Å². The molecule has 0 saturated heterocycles. The summed E-state index contributed by atoms with van der Waals surface area (Å²) in [4.78, 5) is 22.4. The Bertz CT molecular complexity index is 896. The van der Waals surface area contributed by atoms with E-state index in [1.807, 2.05) is 31.0 Å². The zero-order chi connectivity index (χ0) is 17.8. The highest BCUT2D eigenvalue weighted by atomic mass is 19.1. The number of nitrogens with one attached hydrogen (secondary N) is 1. The van der Waals surface area contributed by atoms with E-state index in [4.69, 9.17) is 0 Å². The standard InChI is InChI=1S/C19H19FN4O/c1-13-5-6-17(22-10-13)23-18(25)12-24(2)11-15-9-16(20)8-14-4-3-7-21-19(14)15/h3-10H,11-12H2,1-2H3,(H,22,23,25). The first-order chi connectivity index (χ1) is 12.0. The van der Waals surface area contributed by atoms with E-state index in [0.29, 0.717) is 12.4 Å². The van der Waals surface area contributed by atoms with Crippen LogP contribution in [0.4, 0.5) is 10.2 Å². The van der Waals surface area contributed by atoms with Gasteiger partial charge in [0.25, 0.3) is 0 Å². The van der Waals surface area contributed by atoms with Crippen LogP contribution in [0.5, 0.6) is 0 Å². The monoisotopic (exact) mass is 338 g/mol. The number of pyridine rings is 2. The van der Waals surface area contributed by atoms with Gasteiger partial charge in [0.1, 0.15) is 11.6 Å². The van der Waals surface area contributed by atoms with E-state index in [-0.39, 0.29) is 18.3 Å². The molecule has 6 heteroatoms. The Kier molecular flexibility index (Phi) is 5.00. The van der Waals surface area contributed by atoms with Crippen molar-refractivity contribution in [2.45, 2.75) is 13.5 Å². The second-order valence-corrected chi connectivity index (χ2v) is 6.08. The van der Waals surface area contributed by atoms with Gasteiger partial charge < -0.3 is 5.32 Å². The van der Waals surface area contributed by atoms with Gasteiger partial charge in [-0.2, -0.15) is 0 Å². The molecule has 0 radical (unpaired) electrons. The Labute approximate surface area is 145 Å². The highest BCUT2D eigenvalue weighted by molar-refractivity contribution is 5.91. The van der Waals surface area contributed by atoms with Crippen molar-refractivity contribution in [3.8, 4) is 0 Å². The largest absolute Gasteiger partial charge is 0.310 e. The zero-order valence-electron chi connectivity index (χ0n) is 14.2. The molecule has 0 unspecified atom stereocenters. The van der Waals surface area contributed by atoms with Gasteiger partial charge in [-0.05, 0) is 49.4 Å². The molecule has 0 spiro atoms. The van der Waals surface area contributed by atoms with Crippen LogP contribution in [-0.2, 0) is 11.3 Å². The molecule has 0 atom stereocenters. The number of anilines is 1.